The SMILES string of the molecule is CCCNC(=O)c1ccccc1NC(=O)[C@@H](CC)N(c1ccc(OC)cc1)S(C)(=O)=O. The van der Waals surface area contributed by atoms with Gasteiger partial charge in [0.1, 0.15) is 11.8 Å². The Morgan fingerprint density at radius 1 is 1.06 bits per heavy atom. The zero-order valence-corrected chi connectivity index (χ0v) is 19.0. The molecular formula is C22H29N3O5S. The third kappa shape index (κ3) is 6.21. The van der Waals surface area contributed by atoms with Crippen LogP contribution in [0.25, 0.3) is 0 Å². The predicted molar refractivity (Wildman–Crippen MR) is 122 cm³/mol. The van der Waals surface area contributed by atoms with Crippen LogP contribution in [-0.4, -0.2) is 46.2 Å². The molecule has 0 heterocycles. The number of sulfonamides is 1. The normalized spacial score (nSPS) is 12.0. The van der Waals surface area contributed by atoms with Gasteiger partial charge in [-0.2, -0.15) is 0 Å². The molecule has 2 rings (SSSR count). The first-order valence-corrected chi connectivity index (χ1v) is 11.9. The van der Waals surface area contributed by atoms with Crippen LogP contribution in [0.2, 0.25) is 0 Å². The highest BCUT2D eigenvalue weighted by atomic mass is 32.2. The number of hydrogen-bond acceptors (Lipinski definition) is 5. The van der Waals surface area contributed by atoms with Crippen molar-refractivity contribution in [2.45, 2.75) is 32.7 Å². The van der Waals surface area contributed by atoms with E-state index in [1.165, 1.54) is 7.11 Å². The molecule has 8 nitrogen and oxygen atoms in total. The number of ether oxygens (including phenoxy) is 1. The first kappa shape index (κ1) is 24.2. The molecule has 2 aromatic rings. The van der Waals surface area contributed by atoms with Crippen LogP contribution in [0.15, 0.2) is 48.5 Å². The quantitative estimate of drug-likeness (QED) is 0.583. The maximum Gasteiger partial charge on any atom is 0.253 e. The predicted octanol–water partition coefficient (Wildman–Crippen LogP) is 3.02. The monoisotopic (exact) mass is 447 g/mol. The maximum absolute atomic E-state index is 13.1. The summed E-state index contributed by atoms with van der Waals surface area (Å²) in [5, 5.41) is 5.51. The van der Waals surface area contributed by atoms with Gasteiger partial charge in [-0.15, -0.1) is 0 Å². The molecule has 0 aliphatic heterocycles. The number of carbonyl (C=O) groups is 2. The lowest BCUT2D eigenvalue weighted by atomic mass is 10.1. The van der Waals surface area contributed by atoms with E-state index in [1.807, 2.05) is 6.92 Å². The van der Waals surface area contributed by atoms with E-state index < -0.39 is 22.0 Å². The van der Waals surface area contributed by atoms with Gasteiger partial charge in [-0.1, -0.05) is 26.0 Å². The number of methoxy groups -OCH3 is 1. The molecule has 2 N–H and O–H groups in total. The molecule has 0 bridgehead atoms. The Kier molecular flexibility index (Phi) is 8.44. The molecule has 168 valence electrons. The lowest BCUT2D eigenvalue weighted by Gasteiger charge is -2.30. The number of anilines is 2. The van der Waals surface area contributed by atoms with Crippen molar-refractivity contribution < 1.29 is 22.7 Å². The highest BCUT2D eigenvalue weighted by Gasteiger charge is 2.32. The van der Waals surface area contributed by atoms with Gasteiger partial charge in [0.25, 0.3) is 5.91 Å². The molecule has 2 aromatic carbocycles. The highest BCUT2D eigenvalue weighted by Crippen LogP contribution is 2.26. The van der Waals surface area contributed by atoms with Crippen molar-refractivity contribution in [3.8, 4) is 5.75 Å². The topological polar surface area (TPSA) is 105 Å². The van der Waals surface area contributed by atoms with Gasteiger partial charge < -0.3 is 15.4 Å². The number of carbonyl (C=O) groups excluding carboxylic acids is 2. The second-order valence-electron chi connectivity index (χ2n) is 6.97. The van der Waals surface area contributed by atoms with Gasteiger partial charge in [0, 0.05) is 6.54 Å². The van der Waals surface area contributed by atoms with Crippen LogP contribution in [0.3, 0.4) is 0 Å². The van der Waals surface area contributed by atoms with Crippen LogP contribution in [-0.2, 0) is 14.8 Å². The van der Waals surface area contributed by atoms with E-state index in [2.05, 4.69) is 10.6 Å². The maximum atomic E-state index is 13.1. The third-order valence-corrected chi connectivity index (χ3v) is 5.80. The minimum Gasteiger partial charge on any atom is -0.497 e. The van der Waals surface area contributed by atoms with Gasteiger partial charge in [-0.3, -0.25) is 13.9 Å². The molecule has 0 radical (unpaired) electrons. The fourth-order valence-corrected chi connectivity index (χ4v) is 4.34. The minimum absolute atomic E-state index is 0.231. The summed E-state index contributed by atoms with van der Waals surface area (Å²) in [4.78, 5) is 25.6. The van der Waals surface area contributed by atoms with Crippen molar-refractivity contribution in [1.29, 1.82) is 0 Å². The summed E-state index contributed by atoms with van der Waals surface area (Å²) < 4.78 is 31.4. The number of para-hydroxylation sites is 1. The van der Waals surface area contributed by atoms with Gasteiger partial charge in [0.05, 0.1) is 30.3 Å². The summed E-state index contributed by atoms with van der Waals surface area (Å²) >= 11 is 0. The summed E-state index contributed by atoms with van der Waals surface area (Å²) in [6.45, 7) is 4.18. The van der Waals surface area contributed by atoms with Crippen LogP contribution in [0.1, 0.15) is 37.0 Å². The number of nitrogens with zero attached hydrogens (tertiary/aromatic N) is 1. The lowest BCUT2D eigenvalue weighted by Crippen LogP contribution is -2.47. The molecule has 2 amide bonds. The van der Waals surface area contributed by atoms with E-state index in [9.17, 15) is 18.0 Å². The van der Waals surface area contributed by atoms with E-state index in [0.717, 1.165) is 17.0 Å². The third-order valence-electron chi connectivity index (χ3n) is 4.62. The van der Waals surface area contributed by atoms with Gasteiger partial charge in [-0.25, -0.2) is 8.42 Å². The van der Waals surface area contributed by atoms with Gasteiger partial charge >= 0.3 is 0 Å². The van der Waals surface area contributed by atoms with E-state index in [4.69, 9.17) is 4.74 Å². The molecular weight excluding hydrogens is 418 g/mol. The number of hydrogen-bond donors (Lipinski definition) is 2. The van der Waals surface area contributed by atoms with E-state index >= 15 is 0 Å². The summed E-state index contributed by atoms with van der Waals surface area (Å²) in [7, 11) is -2.26. The Bertz CT molecular complexity index is 1010. The highest BCUT2D eigenvalue weighted by molar-refractivity contribution is 7.92. The van der Waals surface area contributed by atoms with Crippen LogP contribution < -0.4 is 19.7 Å². The van der Waals surface area contributed by atoms with E-state index in [1.54, 1.807) is 55.5 Å². The van der Waals surface area contributed by atoms with Crippen molar-refractivity contribution in [2.75, 3.05) is 29.5 Å². The lowest BCUT2D eigenvalue weighted by molar-refractivity contribution is -0.117. The van der Waals surface area contributed by atoms with Crippen LogP contribution >= 0.6 is 0 Å². The summed E-state index contributed by atoms with van der Waals surface area (Å²) in [5.41, 5.74) is 0.983. The molecule has 0 aliphatic rings. The fraction of sp³-hybridized carbons (Fsp3) is 0.364. The molecule has 9 heteroatoms. The zero-order valence-electron chi connectivity index (χ0n) is 18.2. The van der Waals surface area contributed by atoms with Crippen molar-refractivity contribution in [1.82, 2.24) is 5.32 Å². The zero-order chi connectivity index (χ0) is 23.0. The average molecular weight is 448 g/mol. The first-order valence-electron chi connectivity index (χ1n) is 10.0. The molecule has 31 heavy (non-hydrogen) atoms. The van der Waals surface area contributed by atoms with E-state index in [-0.39, 0.29) is 12.3 Å². The van der Waals surface area contributed by atoms with E-state index in [0.29, 0.717) is 29.2 Å². The fourth-order valence-electron chi connectivity index (χ4n) is 3.13. The van der Waals surface area contributed by atoms with Crippen molar-refractivity contribution in [2.24, 2.45) is 0 Å². The Balaban J connectivity index is 2.36. The molecule has 0 unspecified atom stereocenters. The number of benzene rings is 2. The minimum atomic E-state index is -3.77. The average Bonchev–Trinajstić information content (AvgIpc) is 2.75. The standard InChI is InChI=1S/C22H29N3O5S/c1-5-15-23-21(26)18-9-7-8-10-19(18)24-22(27)20(6-2)25(31(4,28)29)16-11-13-17(30-3)14-12-16/h7-14,20H,5-6,15H2,1-4H3,(H,23,26)(H,24,27)/t20-/m1/s1. The Labute approximate surface area is 183 Å². The molecule has 0 aliphatic carbocycles. The summed E-state index contributed by atoms with van der Waals surface area (Å²) in [5.74, 6) is -0.262. The largest absolute Gasteiger partial charge is 0.497 e. The van der Waals surface area contributed by atoms with Gasteiger partial charge in [-0.05, 0) is 49.2 Å². The first-order chi connectivity index (χ1) is 14.7. The number of nitrogens with one attached hydrogen (secondary N) is 2. The molecule has 0 saturated heterocycles. The van der Waals surface area contributed by atoms with Crippen LogP contribution in [0, 0.1) is 0 Å². The Hall–Kier alpha value is -3.07. The Morgan fingerprint density at radius 2 is 1.71 bits per heavy atom. The second kappa shape index (κ2) is 10.8. The molecule has 0 fully saturated rings. The summed E-state index contributed by atoms with van der Waals surface area (Å²) in [6.07, 6.45) is 2.07. The Morgan fingerprint density at radius 3 is 2.26 bits per heavy atom. The van der Waals surface area contributed by atoms with Crippen LogP contribution in [0.4, 0.5) is 11.4 Å². The van der Waals surface area contributed by atoms with Crippen molar-refractivity contribution in [3.05, 3.63) is 54.1 Å². The van der Waals surface area contributed by atoms with Crippen molar-refractivity contribution in [3.63, 3.8) is 0 Å². The van der Waals surface area contributed by atoms with Crippen molar-refractivity contribution >= 4 is 33.2 Å². The smallest absolute Gasteiger partial charge is 0.253 e. The molecule has 0 aromatic heterocycles. The molecule has 0 saturated carbocycles. The number of amides is 2. The number of rotatable bonds is 10. The van der Waals surface area contributed by atoms with Gasteiger partial charge in [0.2, 0.25) is 15.9 Å². The molecule has 1 atom stereocenters. The van der Waals surface area contributed by atoms with Crippen LogP contribution in [0.5, 0.6) is 5.75 Å². The molecule has 0 spiro atoms. The van der Waals surface area contributed by atoms with Gasteiger partial charge in [0.15, 0.2) is 0 Å². The summed E-state index contributed by atoms with van der Waals surface area (Å²) in [6, 6.07) is 12.1. The second-order valence-corrected chi connectivity index (χ2v) is 8.83.